The topological polar surface area (TPSA) is 83.6 Å². The highest BCUT2D eigenvalue weighted by molar-refractivity contribution is 8.01. The minimum Gasteiger partial charge on any atom is -0.346 e. The predicted molar refractivity (Wildman–Crippen MR) is 108 cm³/mol. The van der Waals surface area contributed by atoms with Gasteiger partial charge < -0.3 is 5.32 Å². The molecule has 3 atom stereocenters. The van der Waals surface area contributed by atoms with Crippen LogP contribution >= 0.6 is 11.8 Å². The van der Waals surface area contributed by atoms with E-state index in [0.717, 1.165) is 12.8 Å². The molecule has 0 spiro atoms. The second kappa shape index (κ2) is 11.5. The van der Waals surface area contributed by atoms with Crippen LogP contribution < -0.4 is 5.32 Å². The van der Waals surface area contributed by atoms with E-state index in [-0.39, 0.29) is 34.7 Å². The summed E-state index contributed by atoms with van der Waals surface area (Å²) in [4.78, 5) is 49.3. The molecule has 1 saturated heterocycles. The highest BCUT2D eigenvalue weighted by Crippen LogP contribution is 2.29. The van der Waals surface area contributed by atoms with E-state index in [2.05, 4.69) is 19.2 Å². The summed E-state index contributed by atoms with van der Waals surface area (Å²) in [6, 6.07) is -0.433. The van der Waals surface area contributed by atoms with Crippen molar-refractivity contribution in [1.29, 1.82) is 0 Å². The summed E-state index contributed by atoms with van der Waals surface area (Å²) in [5.41, 5.74) is 0. The maximum absolute atomic E-state index is 12.4. The van der Waals surface area contributed by atoms with Crippen molar-refractivity contribution in [3.05, 3.63) is 0 Å². The van der Waals surface area contributed by atoms with Gasteiger partial charge in [0.2, 0.25) is 17.7 Å². The number of nitrogens with one attached hydrogen (secondary N) is 1. The molecule has 27 heavy (non-hydrogen) atoms. The predicted octanol–water partition coefficient (Wildman–Crippen LogP) is 2.94. The largest absolute Gasteiger partial charge is 0.346 e. The number of thioether (sulfide) groups is 1. The number of hydrogen-bond acceptors (Lipinski definition) is 5. The fourth-order valence-electron chi connectivity index (χ4n) is 3.09. The van der Waals surface area contributed by atoms with Gasteiger partial charge in [-0.05, 0) is 32.1 Å². The van der Waals surface area contributed by atoms with Crippen molar-refractivity contribution < 1.29 is 19.2 Å². The molecule has 7 heteroatoms. The van der Waals surface area contributed by atoms with E-state index in [4.69, 9.17) is 0 Å². The van der Waals surface area contributed by atoms with E-state index in [0.29, 0.717) is 37.5 Å². The molecule has 1 rings (SSSR count). The Balaban J connectivity index is 2.30. The van der Waals surface area contributed by atoms with Gasteiger partial charge in [0.15, 0.2) is 5.78 Å². The molecule has 0 aromatic carbocycles. The number of rotatable bonds is 12. The molecule has 3 unspecified atom stereocenters. The lowest BCUT2D eigenvalue weighted by Crippen LogP contribution is -2.43. The molecule has 0 aromatic rings. The molecule has 0 aromatic heterocycles. The van der Waals surface area contributed by atoms with Crippen LogP contribution in [-0.4, -0.2) is 51.5 Å². The molecule has 6 nitrogen and oxygen atoms in total. The third-order valence-corrected chi connectivity index (χ3v) is 6.38. The van der Waals surface area contributed by atoms with Gasteiger partial charge in [-0.15, -0.1) is 11.8 Å². The maximum atomic E-state index is 12.4. The van der Waals surface area contributed by atoms with Crippen LogP contribution in [0, 0.1) is 5.92 Å². The third-order valence-electron chi connectivity index (χ3n) is 4.88. The van der Waals surface area contributed by atoms with Crippen LogP contribution in [0.4, 0.5) is 0 Å². The molecule has 1 aliphatic rings. The zero-order chi connectivity index (χ0) is 20.6. The first-order valence-electron chi connectivity index (χ1n) is 9.96. The van der Waals surface area contributed by atoms with Gasteiger partial charge in [-0.2, -0.15) is 0 Å². The highest BCUT2D eigenvalue weighted by Gasteiger charge is 2.38. The number of ketones is 1. The Labute approximate surface area is 167 Å². The van der Waals surface area contributed by atoms with Crippen molar-refractivity contribution in [3.63, 3.8) is 0 Å². The van der Waals surface area contributed by atoms with Crippen molar-refractivity contribution in [2.75, 3.05) is 6.54 Å². The number of carbonyl (C=O) groups is 4. The Morgan fingerprint density at radius 1 is 1.19 bits per heavy atom. The Morgan fingerprint density at radius 2 is 1.85 bits per heavy atom. The normalized spacial score (nSPS) is 19.5. The third kappa shape index (κ3) is 7.64. The van der Waals surface area contributed by atoms with Gasteiger partial charge in [-0.3, -0.25) is 24.1 Å². The van der Waals surface area contributed by atoms with Crippen LogP contribution in [0.1, 0.15) is 73.1 Å². The van der Waals surface area contributed by atoms with Crippen molar-refractivity contribution >= 4 is 35.3 Å². The summed E-state index contributed by atoms with van der Waals surface area (Å²) in [6.45, 7) is 9.88. The summed E-state index contributed by atoms with van der Waals surface area (Å²) in [7, 11) is 0. The van der Waals surface area contributed by atoms with Gasteiger partial charge in [-0.25, -0.2) is 0 Å². The molecule has 1 fully saturated rings. The molecule has 1 heterocycles. The molecule has 0 saturated carbocycles. The molecule has 1 N–H and O–H groups in total. The van der Waals surface area contributed by atoms with Gasteiger partial charge in [0.05, 0.1) is 11.3 Å². The summed E-state index contributed by atoms with van der Waals surface area (Å²) in [5, 5.41) is 2.91. The minimum atomic E-state index is -0.433. The van der Waals surface area contributed by atoms with E-state index in [1.54, 1.807) is 11.8 Å². The van der Waals surface area contributed by atoms with Crippen molar-refractivity contribution in [3.8, 4) is 0 Å². The number of carbonyl (C=O) groups excluding carboxylic acids is 4. The lowest BCUT2D eigenvalue weighted by Gasteiger charge is -2.19. The SMILES string of the molecule is CCC(C)SC1CC(=O)N(CCCCCC(=O)NC(C(C)=O)C(C)C)C1=O. The smallest absolute Gasteiger partial charge is 0.242 e. The number of amides is 3. The Morgan fingerprint density at radius 3 is 2.41 bits per heavy atom. The van der Waals surface area contributed by atoms with Crippen LogP contribution in [0.3, 0.4) is 0 Å². The molecular weight excluding hydrogens is 364 g/mol. The van der Waals surface area contributed by atoms with E-state index < -0.39 is 6.04 Å². The molecule has 3 amide bonds. The van der Waals surface area contributed by atoms with E-state index >= 15 is 0 Å². The average molecular weight is 399 g/mol. The number of nitrogens with zero attached hydrogens (tertiary/aromatic N) is 1. The second-order valence-corrected chi connectivity index (χ2v) is 9.29. The van der Waals surface area contributed by atoms with Crippen molar-refractivity contribution in [2.45, 2.75) is 89.7 Å². The summed E-state index contributed by atoms with van der Waals surface area (Å²) >= 11 is 1.59. The molecule has 1 aliphatic heterocycles. The van der Waals surface area contributed by atoms with Gasteiger partial charge in [0.25, 0.3) is 0 Å². The maximum Gasteiger partial charge on any atom is 0.242 e. The lowest BCUT2D eigenvalue weighted by molar-refractivity contribution is -0.138. The summed E-state index contributed by atoms with van der Waals surface area (Å²) in [6.07, 6.45) is 3.77. The molecule has 154 valence electrons. The zero-order valence-electron chi connectivity index (χ0n) is 17.2. The van der Waals surface area contributed by atoms with Gasteiger partial charge in [0, 0.05) is 24.6 Å². The fraction of sp³-hybridized carbons (Fsp3) is 0.800. The highest BCUT2D eigenvalue weighted by atomic mass is 32.2. The molecule has 0 radical (unpaired) electrons. The van der Waals surface area contributed by atoms with Crippen molar-refractivity contribution in [2.24, 2.45) is 5.92 Å². The monoisotopic (exact) mass is 398 g/mol. The number of likely N-dealkylation sites (tertiary alicyclic amines) is 1. The molecule has 0 bridgehead atoms. The zero-order valence-corrected chi connectivity index (χ0v) is 18.1. The number of Topliss-reactive ketones (excluding diaryl/α,β-unsaturated/α-hetero) is 1. The van der Waals surface area contributed by atoms with Crippen LogP contribution in [-0.2, 0) is 19.2 Å². The van der Waals surface area contributed by atoms with Crippen LogP contribution in [0.2, 0.25) is 0 Å². The van der Waals surface area contributed by atoms with E-state index in [1.165, 1.54) is 11.8 Å². The lowest BCUT2D eigenvalue weighted by atomic mass is 10.0. The van der Waals surface area contributed by atoms with Gasteiger partial charge >= 0.3 is 0 Å². The summed E-state index contributed by atoms with van der Waals surface area (Å²) in [5.74, 6) is -0.236. The quantitative estimate of drug-likeness (QED) is 0.404. The van der Waals surface area contributed by atoms with Crippen LogP contribution in [0.5, 0.6) is 0 Å². The second-order valence-electron chi connectivity index (χ2n) is 7.64. The summed E-state index contributed by atoms with van der Waals surface area (Å²) < 4.78 is 0. The fourth-order valence-corrected chi connectivity index (χ4v) is 4.32. The number of imide groups is 1. The number of hydrogen-bond donors (Lipinski definition) is 1. The Hall–Kier alpha value is -1.37. The molecular formula is C20H34N2O4S. The standard InChI is InChI=1S/C20H34N2O4S/c1-6-14(4)27-16-12-18(25)22(20(16)26)11-9-7-8-10-17(24)21-19(13(2)3)15(5)23/h13-14,16,19H,6-12H2,1-5H3,(H,21,24). The first-order chi connectivity index (χ1) is 12.7. The van der Waals surface area contributed by atoms with Crippen LogP contribution in [0.25, 0.3) is 0 Å². The van der Waals surface area contributed by atoms with E-state index in [9.17, 15) is 19.2 Å². The molecule has 0 aliphatic carbocycles. The first kappa shape index (κ1) is 23.7. The van der Waals surface area contributed by atoms with E-state index in [1.807, 2.05) is 13.8 Å². The van der Waals surface area contributed by atoms with Gasteiger partial charge in [0.1, 0.15) is 0 Å². The average Bonchev–Trinajstić information content (AvgIpc) is 2.85. The minimum absolute atomic E-state index is 0.0331. The number of unbranched alkanes of at least 4 members (excludes halogenated alkanes) is 2. The Bertz CT molecular complexity index is 550. The van der Waals surface area contributed by atoms with Crippen LogP contribution in [0.15, 0.2) is 0 Å². The first-order valence-corrected chi connectivity index (χ1v) is 10.9. The van der Waals surface area contributed by atoms with Gasteiger partial charge in [-0.1, -0.05) is 34.1 Å². The van der Waals surface area contributed by atoms with Crippen molar-refractivity contribution in [1.82, 2.24) is 10.2 Å². The Kier molecular flexibility index (Phi) is 10.1.